The molecule has 2 fully saturated rings. The topological polar surface area (TPSA) is 195 Å². The summed E-state index contributed by atoms with van der Waals surface area (Å²) in [7, 11) is 0. The van der Waals surface area contributed by atoms with Crippen molar-refractivity contribution in [3.05, 3.63) is 50.9 Å². The number of hydrogen-bond donors (Lipinski definition) is 6. The van der Waals surface area contributed by atoms with Gasteiger partial charge in [-0.05, 0) is 24.3 Å². The number of nitrogens with zero attached hydrogens (tertiary/aromatic N) is 5. The second kappa shape index (κ2) is 10.4. The molecule has 0 aliphatic carbocycles. The highest BCUT2D eigenvalue weighted by Crippen LogP contribution is 2.30. The fraction of sp³-hybridized carbons (Fsp3) is 0.522. The number of anilines is 2. The molecule has 15 heteroatoms. The first kappa shape index (κ1) is 26.3. The van der Waals surface area contributed by atoms with Gasteiger partial charge in [0.1, 0.15) is 24.1 Å². The molecule has 38 heavy (non-hydrogen) atoms. The maximum atomic E-state index is 13.4. The lowest BCUT2D eigenvalue weighted by Crippen LogP contribution is -2.49. The van der Waals surface area contributed by atoms with Crippen LogP contribution in [-0.4, -0.2) is 108 Å². The zero-order valence-electron chi connectivity index (χ0n) is 20.4. The van der Waals surface area contributed by atoms with E-state index in [9.17, 15) is 34.4 Å². The van der Waals surface area contributed by atoms with E-state index in [1.54, 1.807) is 12.1 Å². The zero-order chi connectivity index (χ0) is 27.1. The van der Waals surface area contributed by atoms with Crippen molar-refractivity contribution in [2.45, 2.75) is 37.2 Å². The van der Waals surface area contributed by atoms with Crippen LogP contribution >= 0.6 is 0 Å². The number of aliphatic hydroxyl groups excluding tert-OH is 4. The van der Waals surface area contributed by atoms with Gasteiger partial charge in [-0.1, -0.05) is 0 Å². The van der Waals surface area contributed by atoms with Crippen LogP contribution < -0.4 is 21.9 Å². The molecule has 1 unspecified atom stereocenters. The summed E-state index contributed by atoms with van der Waals surface area (Å²) >= 11 is 0. The van der Waals surface area contributed by atoms with Crippen LogP contribution in [0.3, 0.4) is 0 Å². The number of aliphatic hydroxyl groups is 4. The van der Waals surface area contributed by atoms with Gasteiger partial charge in [-0.15, -0.1) is 0 Å². The van der Waals surface area contributed by atoms with Crippen LogP contribution in [-0.2, 0) is 11.3 Å². The van der Waals surface area contributed by atoms with E-state index in [0.717, 1.165) is 14.8 Å². The third kappa shape index (κ3) is 4.79. The number of β-amino-alcohol motifs (C(OH)–C–C–N with tert-alkyl or cyclic N) is 1. The van der Waals surface area contributed by atoms with Gasteiger partial charge in [-0.2, -0.15) is 4.98 Å². The van der Waals surface area contributed by atoms with Crippen molar-refractivity contribution in [2.75, 3.05) is 50.0 Å². The van der Waals surface area contributed by atoms with E-state index < -0.39 is 48.5 Å². The molecule has 2 aliphatic rings. The smallest absolute Gasteiger partial charge is 0.332 e. The summed E-state index contributed by atoms with van der Waals surface area (Å²) in [5.74, 6) is -0.582. The van der Waals surface area contributed by atoms with E-state index >= 15 is 0 Å². The highest BCUT2D eigenvalue weighted by Gasteiger charge is 2.45. The highest BCUT2D eigenvalue weighted by molar-refractivity contribution is 5.71. The van der Waals surface area contributed by atoms with E-state index in [-0.39, 0.29) is 36.0 Å². The van der Waals surface area contributed by atoms with Gasteiger partial charge in [0.15, 0.2) is 17.4 Å². The Hall–Kier alpha value is -3.34. The molecule has 5 atom stereocenters. The molecule has 0 radical (unpaired) electrons. The molecule has 14 nitrogen and oxygen atoms in total. The number of fused-ring (bicyclic) bond motifs is 1. The second-order valence-electron chi connectivity index (χ2n) is 9.53. The number of halogens is 1. The number of nitrogens with two attached hydrogens (primary N) is 1. The van der Waals surface area contributed by atoms with Crippen LogP contribution in [0.2, 0.25) is 0 Å². The molecule has 5 rings (SSSR count). The number of rotatable bonds is 7. The number of piperazine rings is 1. The van der Waals surface area contributed by atoms with Crippen LogP contribution in [0.5, 0.6) is 0 Å². The first-order chi connectivity index (χ1) is 18.2. The molecule has 0 saturated carbocycles. The van der Waals surface area contributed by atoms with Gasteiger partial charge in [0.25, 0.3) is 5.56 Å². The standard InChI is InChI=1S/C23H30FN7O7/c24-12-1-3-13(4-2-12)29-7-5-28(6-8-29)9-14(33)10-30-16-19(26-22(25)27-20(16)36)31(23(30)37)21-18(35)17(34)15(11-32)38-21/h1-4,14-15,17-18,21,32-35H,5-11H2,(H3,25,26,27,36)/t14?,15-,17-,18-,21-/m1/s1. The van der Waals surface area contributed by atoms with Crippen molar-refractivity contribution in [1.29, 1.82) is 0 Å². The van der Waals surface area contributed by atoms with Crippen LogP contribution in [0.25, 0.3) is 11.2 Å². The molecular weight excluding hydrogens is 505 g/mol. The molecule has 1 aromatic carbocycles. The van der Waals surface area contributed by atoms with E-state index in [1.807, 2.05) is 4.90 Å². The minimum Gasteiger partial charge on any atom is -0.394 e. The van der Waals surface area contributed by atoms with Crippen LogP contribution in [0.15, 0.2) is 33.9 Å². The van der Waals surface area contributed by atoms with E-state index in [0.29, 0.717) is 26.2 Å². The van der Waals surface area contributed by atoms with Gasteiger partial charge < -0.3 is 35.8 Å². The second-order valence-corrected chi connectivity index (χ2v) is 9.53. The molecule has 2 aliphatic heterocycles. The summed E-state index contributed by atoms with van der Waals surface area (Å²) in [4.78, 5) is 36.7. The summed E-state index contributed by atoms with van der Waals surface area (Å²) in [6, 6.07) is 6.24. The summed E-state index contributed by atoms with van der Waals surface area (Å²) in [5, 5.41) is 40.9. The number of aromatic nitrogens is 4. The number of imidazole rings is 1. The molecule has 4 heterocycles. The normalized spacial score (nSPS) is 25.3. The Bertz CT molecular complexity index is 1400. The van der Waals surface area contributed by atoms with Crippen molar-refractivity contribution < 1.29 is 29.6 Å². The summed E-state index contributed by atoms with van der Waals surface area (Å²) in [6.45, 7) is 1.90. The maximum absolute atomic E-state index is 13.4. The predicted molar refractivity (Wildman–Crippen MR) is 133 cm³/mol. The Morgan fingerprint density at radius 1 is 1.11 bits per heavy atom. The van der Waals surface area contributed by atoms with Crippen LogP contribution in [0.1, 0.15) is 6.23 Å². The van der Waals surface area contributed by atoms with E-state index in [1.165, 1.54) is 12.1 Å². The Kier molecular flexibility index (Phi) is 7.21. The van der Waals surface area contributed by atoms with Crippen molar-refractivity contribution in [2.24, 2.45) is 0 Å². The monoisotopic (exact) mass is 535 g/mol. The van der Waals surface area contributed by atoms with Gasteiger partial charge in [0.05, 0.1) is 19.3 Å². The fourth-order valence-electron chi connectivity index (χ4n) is 5.10. The molecule has 2 saturated heterocycles. The van der Waals surface area contributed by atoms with Gasteiger partial charge in [0.2, 0.25) is 5.95 Å². The van der Waals surface area contributed by atoms with Crippen molar-refractivity contribution in [1.82, 2.24) is 24.0 Å². The molecular formula is C23H30FN7O7. The number of benzene rings is 1. The van der Waals surface area contributed by atoms with Crippen LogP contribution in [0.4, 0.5) is 16.0 Å². The minimum absolute atomic E-state index is 0.179. The number of nitrogens with one attached hydrogen (secondary N) is 1. The number of hydrogen-bond acceptors (Lipinski definition) is 11. The Morgan fingerprint density at radius 3 is 2.42 bits per heavy atom. The molecule has 2 aromatic heterocycles. The quantitative estimate of drug-likeness (QED) is 0.186. The van der Waals surface area contributed by atoms with Crippen LogP contribution in [0, 0.1) is 5.82 Å². The largest absolute Gasteiger partial charge is 0.394 e. The minimum atomic E-state index is -1.59. The lowest BCUT2D eigenvalue weighted by molar-refractivity contribution is -0.0529. The number of nitrogen functional groups attached to an aromatic ring is 1. The van der Waals surface area contributed by atoms with Gasteiger partial charge in [-0.3, -0.25) is 19.2 Å². The van der Waals surface area contributed by atoms with Crippen molar-refractivity contribution in [3.8, 4) is 0 Å². The fourth-order valence-corrected chi connectivity index (χ4v) is 5.10. The summed E-state index contributed by atoms with van der Waals surface area (Å²) in [6.07, 6.45) is -6.71. The highest BCUT2D eigenvalue weighted by atomic mass is 19.1. The zero-order valence-corrected chi connectivity index (χ0v) is 20.4. The lowest BCUT2D eigenvalue weighted by atomic mass is 10.1. The molecule has 0 spiro atoms. The Morgan fingerprint density at radius 2 is 1.79 bits per heavy atom. The number of ether oxygens (including phenoxy) is 1. The number of H-pyrrole nitrogens is 1. The third-order valence-electron chi connectivity index (χ3n) is 7.03. The van der Waals surface area contributed by atoms with E-state index in [2.05, 4.69) is 14.9 Å². The van der Waals surface area contributed by atoms with Crippen molar-refractivity contribution >= 4 is 22.8 Å². The van der Waals surface area contributed by atoms with Crippen molar-refractivity contribution in [3.63, 3.8) is 0 Å². The lowest BCUT2D eigenvalue weighted by Gasteiger charge is -2.36. The first-order valence-corrected chi connectivity index (χ1v) is 12.2. The molecule has 206 valence electrons. The molecule has 3 aromatic rings. The number of aromatic amines is 1. The SMILES string of the molecule is Nc1nc2c(c(=O)[nH]1)n(CC(O)CN1CCN(c3ccc(F)cc3)CC1)c(=O)n2[C@@H]1O[C@H](CO)[C@@H](O)[C@H]1O. The molecule has 0 amide bonds. The Labute approximate surface area is 214 Å². The van der Waals surface area contributed by atoms with Gasteiger partial charge in [-0.25, -0.2) is 13.8 Å². The van der Waals surface area contributed by atoms with E-state index in [4.69, 9.17) is 10.5 Å². The molecule has 0 bridgehead atoms. The molecule has 7 N–H and O–H groups in total. The Balaban J connectivity index is 1.35. The average molecular weight is 536 g/mol. The predicted octanol–water partition coefficient (Wildman–Crippen LogP) is -2.60. The maximum Gasteiger partial charge on any atom is 0.332 e. The third-order valence-corrected chi connectivity index (χ3v) is 7.03. The summed E-state index contributed by atoms with van der Waals surface area (Å²) < 4.78 is 20.6. The first-order valence-electron chi connectivity index (χ1n) is 12.2. The average Bonchev–Trinajstić information content (AvgIpc) is 3.32. The van der Waals surface area contributed by atoms with Gasteiger partial charge >= 0.3 is 5.69 Å². The summed E-state index contributed by atoms with van der Waals surface area (Å²) in [5.41, 5.74) is 4.69. The van der Waals surface area contributed by atoms with Gasteiger partial charge in [0, 0.05) is 38.4 Å².